The van der Waals surface area contributed by atoms with Gasteiger partial charge in [0.1, 0.15) is 6.79 Å². The summed E-state index contributed by atoms with van der Waals surface area (Å²) >= 11 is 0. The Morgan fingerprint density at radius 3 is 2.46 bits per heavy atom. The second-order valence-corrected chi connectivity index (χ2v) is 8.27. The minimum absolute atomic E-state index is 0.0200. The molecule has 2 aliphatic carbocycles. The van der Waals surface area contributed by atoms with Crippen LogP contribution < -0.4 is 0 Å². The first-order valence-corrected chi connectivity index (χ1v) is 9.20. The number of methoxy groups -OCH3 is 3. The first-order valence-electron chi connectivity index (χ1n) is 9.20. The van der Waals surface area contributed by atoms with Gasteiger partial charge in [0.2, 0.25) is 0 Å². The highest BCUT2D eigenvalue weighted by Crippen LogP contribution is 2.65. The molecule has 0 radical (unpaired) electrons. The molecule has 1 spiro atoms. The smallest absolute Gasteiger partial charge is 0.166 e. The Kier molecular flexibility index (Phi) is 5.80. The Bertz CT molecular complexity index is 518. The van der Waals surface area contributed by atoms with Crippen LogP contribution in [0.15, 0.2) is 12.2 Å². The summed E-state index contributed by atoms with van der Waals surface area (Å²) in [4.78, 5) is 0. The van der Waals surface area contributed by atoms with E-state index in [-0.39, 0.29) is 30.1 Å². The molecule has 7 atom stereocenters. The zero-order valence-electron chi connectivity index (χ0n) is 16.3. The molecule has 0 amide bonds. The van der Waals surface area contributed by atoms with Gasteiger partial charge in [-0.05, 0) is 24.2 Å². The summed E-state index contributed by atoms with van der Waals surface area (Å²) in [6, 6.07) is 0. The molecule has 2 N–H and O–H groups in total. The van der Waals surface area contributed by atoms with Crippen molar-refractivity contribution < 1.29 is 33.9 Å². The van der Waals surface area contributed by atoms with E-state index < -0.39 is 30.2 Å². The molecule has 150 valence electrons. The van der Waals surface area contributed by atoms with E-state index in [1.54, 1.807) is 21.3 Å². The van der Waals surface area contributed by atoms with Crippen LogP contribution in [0.3, 0.4) is 0 Å². The van der Waals surface area contributed by atoms with E-state index in [4.69, 9.17) is 23.7 Å². The van der Waals surface area contributed by atoms with Crippen LogP contribution in [0.5, 0.6) is 0 Å². The van der Waals surface area contributed by atoms with Crippen molar-refractivity contribution in [1.29, 1.82) is 0 Å². The quantitative estimate of drug-likeness (QED) is 0.539. The van der Waals surface area contributed by atoms with Crippen molar-refractivity contribution in [1.82, 2.24) is 0 Å². The van der Waals surface area contributed by atoms with Gasteiger partial charge >= 0.3 is 0 Å². The number of rotatable bonds is 6. The van der Waals surface area contributed by atoms with Crippen LogP contribution in [-0.2, 0) is 23.7 Å². The molecule has 1 heterocycles. The van der Waals surface area contributed by atoms with Crippen molar-refractivity contribution in [3.8, 4) is 0 Å². The van der Waals surface area contributed by atoms with Gasteiger partial charge in [-0.3, -0.25) is 0 Å². The number of allylic oxidation sites excluding steroid dienone is 1. The highest BCUT2D eigenvalue weighted by Gasteiger charge is 2.70. The van der Waals surface area contributed by atoms with Crippen LogP contribution >= 0.6 is 0 Å². The van der Waals surface area contributed by atoms with Crippen molar-refractivity contribution in [2.24, 2.45) is 28.6 Å². The van der Waals surface area contributed by atoms with Crippen LogP contribution in [0, 0.1) is 28.6 Å². The van der Waals surface area contributed by atoms with Gasteiger partial charge < -0.3 is 33.9 Å². The van der Waals surface area contributed by atoms with E-state index >= 15 is 0 Å². The summed E-state index contributed by atoms with van der Waals surface area (Å²) < 4.78 is 27.7. The molecule has 3 rings (SSSR count). The maximum Gasteiger partial charge on any atom is 0.166 e. The molecule has 0 aromatic heterocycles. The predicted molar refractivity (Wildman–Crippen MR) is 92.7 cm³/mol. The summed E-state index contributed by atoms with van der Waals surface area (Å²) in [6.07, 6.45) is 2.73. The van der Waals surface area contributed by atoms with Gasteiger partial charge in [-0.2, -0.15) is 0 Å². The van der Waals surface area contributed by atoms with Crippen molar-refractivity contribution in [2.45, 2.75) is 51.7 Å². The topological polar surface area (TPSA) is 86.6 Å². The lowest BCUT2D eigenvalue weighted by Gasteiger charge is -2.59. The van der Waals surface area contributed by atoms with E-state index in [1.165, 1.54) is 0 Å². The van der Waals surface area contributed by atoms with Gasteiger partial charge in [-0.1, -0.05) is 26.0 Å². The molecule has 0 aromatic carbocycles. The van der Waals surface area contributed by atoms with Crippen LogP contribution in [0.4, 0.5) is 0 Å². The minimum Gasteiger partial charge on any atom is -0.368 e. The number of aliphatic hydroxyl groups excluding tert-OH is 2. The Morgan fingerprint density at radius 1 is 1.15 bits per heavy atom. The SMILES string of the molecule is COCO[C@H]1CCC(C)(C)[C@@H]2C=C[C@H](C(OC)OC)[C@@H]3C(O)OC(O)[C@@]132. The molecule has 7 nitrogen and oxygen atoms in total. The van der Waals surface area contributed by atoms with E-state index in [9.17, 15) is 10.2 Å². The van der Waals surface area contributed by atoms with Gasteiger partial charge in [0.05, 0.1) is 11.5 Å². The maximum atomic E-state index is 11.0. The molecule has 26 heavy (non-hydrogen) atoms. The standard InChI is InChI=1S/C19H32O7/c1-18(2)9-8-13(25-10-22-3)19-12(18)7-6-11(16(23-4)24-5)14(19)15(20)26-17(19)21/h6-7,11-17,20-21H,8-10H2,1-5H3/t11-,12-,13-,14+,15?,17?,19-/m0/s1. The van der Waals surface area contributed by atoms with Crippen molar-refractivity contribution in [2.75, 3.05) is 28.1 Å². The molecule has 3 aliphatic rings. The third-order valence-corrected chi connectivity index (χ3v) is 6.68. The first-order chi connectivity index (χ1) is 12.3. The second-order valence-electron chi connectivity index (χ2n) is 8.27. The van der Waals surface area contributed by atoms with Gasteiger partial charge in [0, 0.05) is 33.2 Å². The fourth-order valence-corrected chi connectivity index (χ4v) is 5.62. The maximum absolute atomic E-state index is 11.0. The summed E-state index contributed by atoms with van der Waals surface area (Å²) in [6.45, 7) is 4.51. The molecular weight excluding hydrogens is 340 g/mol. The second kappa shape index (κ2) is 7.47. The highest BCUT2D eigenvalue weighted by atomic mass is 16.7. The lowest BCUT2D eigenvalue weighted by Crippen LogP contribution is -2.63. The third-order valence-electron chi connectivity index (χ3n) is 6.68. The van der Waals surface area contributed by atoms with Crippen molar-refractivity contribution in [3.05, 3.63) is 12.2 Å². The molecule has 2 fully saturated rings. The lowest BCUT2D eigenvalue weighted by molar-refractivity contribution is -0.252. The Labute approximate surface area is 155 Å². The molecule has 0 aromatic rings. The van der Waals surface area contributed by atoms with Gasteiger partial charge in [0.15, 0.2) is 18.9 Å². The third kappa shape index (κ3) is 2.85. The Hall–Kier alpha value is -0.540. The largest absolute Gasteiger partial charge is 0.368 e. The van der Waals surface area contributed by atoms with Crippen LogP contribution in [0.25, 0.3) is 0 Å². The normalized spacial score (nSPS) is 44.2. The molecule has 1 saturated heterocycles. The number of hydrogen-bond acceptors (Lipinski definition) is 7. The van der Waals surface area contributed by atoms with Crippen LogP contribution in [0.1, 0.15) is 26.7 Å². The first kappa shape index (κ1) is 20.2. The fourth-order valence-electron chi connectivity index (χ4n) is 5.62. The minimum atomic E-state index is -1.14. The molecule has 0 bridgehead atoms. The monoisotopic (exact) mass is 372 g/mol. The van der Waals surface area contributed by atoms with E-state index in [1.807, 2.05) is 6.08 Å². The lowest BCUT2D eigenvalue weighted by atomic mass is 9.47. The Morgan fingerprint density at radius 2 is 1.85 bits per heavy atom. The molecule has 1 aliphatic heterocycles. The van der Waals surface area contributed by atoms with E-state index in [0.717, 1.165) is 12.8 Å². The number of aliphatic hydroxyl groups is 2. The van der Waals surface area contributed by atoms with Crippen molar-refractivity contribution >= 4 is 0 Å². The highest BCUT2D eigenvalue weighted by molar-refractivity contribution is 5.22. The molecule has 7 heteroatoms. The van der Waals surface area contributed by atoms with E-state index in [2.05, 4.69) is 19.9 Å². The summed E-state index contributed by atoms with van der Waals surface area (Å²) in [5.74, 6) is -0.705. The number of hydrogen-bond donors (Lipinski definition) is 2. The van der Waals surface area contributed by atoms with Crippen molar-refractivity contribution in [3.63, 3.8) is 0 Å². The summed E-state index contributed by atoms with van der Waals surface area (Å²) in [7, 11) is 4.72. The summed E-state index contributed by atoms with van der Waals surface area (Å²) in [5, 5.41) is 21.7. The molecular formula is C19H32O7. The summed E-state index contributed by atoms with van der Waals surface area (Å²) in [5.41, 5.74) is -0.870. The van der Waals surface area contributed by atoms with Gasteiger partial charge in [-0.15, -0.1) is 0 Å². The fraction of sp³-hybridized carbons (Fsp3) is 0.895. The van der Waals surface area contributed by atoms with Crippen LogP contribution in [0.2, 0.25) is 0 Å². The molecule has 1 saturated carbocycles. The molecule has 2 unspecified atom stereocenters. The average Bonchev–Trinajstić information content (AvgIpc) is 2.87. The van der Waals surface area contributed by atoms with Gasteiger partial charge in [-0.25, -0.2) is 0 Å². The Balaban J connectivity index is 2.11. The zero-order valence-corrected chi connectivity index (χ0v) is 16.3. The van der Waals surface area contributed by atoms with Crippen LogP contribution in [-0.4, -0.2) is 63.3 Å². The van der Waals surface area contributed by atoms with E-state index in [0.29, 0.717) is 0 Å². The van der Waals surface area contributed by atoms with Gasteiger partial charge in [0.25, 0.3) is 0 Å². The zero-order chi connectivity index (χ0) is 19.1. The average molecular weight is 372 g/mol. The number of ether oxygens (including phenoxy) is 5. The predicted octanol–water partition coefficient (Wildman–Crippen LogP) is 1.49.